The SMILES string of the molecule is Cc1c(C(=O)O)oc2ccc(S(=O)(=O)N(CCc3ccccc3)Cc3cc(F)ccc3N3CCN(C(=O)OC(C)(C)C)CC3)cc12. The Morgan fingerprint density at radius 3 is 2.35 bits per heavy atom. The van der Waals surface area contributed by atoms with Crippen molar-refractivity contribution in [3.05, 3.63) is 95.0 Å². The summed E-state index contributed by atoms with van der Waals surface area (Å²) in [7, 11) is -4.15. The van der Waals surface area contributed by atoms with Crippen LogP contribution in [0.2, 0.25) is 0 Å². The van der Waals surface area contributed by atoms with Crippen molar-refractivity contribution >= 4 is 38.7 Å². The molecule has 1 N–H and O–H groups in total. The molecule has 46 heavy (non-hydrogen) atoms. The number of nitrogens with zero attached hydrogens (tertiary/aromatic N) is 3. The first-order valence-corrected chi connectivity index (χ1v) is 16.5. The van der Waals surface area contributed by atoms with Gasteiger partial charge in [0, 0.05) is 55.9 Å². The van der Waals surface area contributed by atoms with Crippen molar-refractivity contribution in [2.24, 2.45) is 0 Å². The van der Waals surface area contributed by atoms with E-state index >= 15 is 0 Å². The minimum Gasteiger partial charge on any atom is -0.475 e. The van der Waals surface area contributed by atoms with Crippen LogP contribution in [-0.2, 0) is 27.7 Å². The van der Waals surface area contributed by atoms with Gasteiger partial charge in [0.05, 0.1) is 4.90 Å². The van der Waals surface area contributed by atoms with Gasteiger partial charge in [-0.1, -0.05) is 30.3 Å². The number of halogens is 1. The molecule has 1 saturated heterocycles. The molecule has 1 aliphatic heterocycles. The quantitative estimate of drug-likeness (QED) is 0.232. The van der Waals surface area contributed by atoms with Crippen LogP contribution in [0.1, 0.15) is 48.0 Å². The third-order valence-corrected chi connectivity index (χ3v) is 9.73. The molecule has 244 valence electrons. The second-order valence-electron chi connectivity index (χ2n) is 12.3. The lowest BCUT2D eigenvalue weighted by Crippen LogP contribution is -2.50. The molecule has 0 unspecified atom stereocenters. The molecular formula is C34H38FN3O7S. The van der Waals surface area contributed by atoms with E-state index in [1.807, 2.05) is 56.0 Å². The van der Waals surface area contributed by atoms with Crippen LogP contribution in [0.15, 0.2) is 76.0 Å². The Morgan fingerprint density at radius 2 is 1.70 bits per heavy atom. The molecule has 1 aliphatic rings. The van der Waals surface area contributed by atoms with Crippen molar-refractivity contribution in [1.82, 2.24) is 9.21 Å². The number of anilines is 1. The molecule has 4 aromatic rings. The fourth-order valence-electron chi connectivity index (χ4n) is 5.53. The number of furan rings is 1. The molecule has 2 heterocycles. The second-order valence-corrected chi connectivity index (χ2v) is 14.3. The van der Waals surface area contributed by atoms with E-state index in [2.05, 4.69) is 0 Å². The number of carboxylic acids is 1. The number of rotatable bonds is 9. The zero-order valence-corrected chi connectivity index (χ0v) is 27.1. The average molecular weight is 652 g/mol. The minimum absolute atomic E-state index is 0.0298. The lowest BCUT2D eigenvalue weighted by Gasteiger charge is -2.38. The summed E-state index contributed by atoms with van der Waals surface area (Å²) >= 11 is 0. The molecule has 1 aromatic heterocycles. The number of piperazine rings is 1. The first-order chi connectivity index (χ1) is 21.7. The Bertz CT molecular complexity index is 1840. The number of aryl methyl sites for hydroxylation is 1. The fourth-order valence-corrected chi connectivity index (χ4v) is 6.98. The van der Waals surface area contributed by atoms with Gasteiger partial charge in [-0.2, -0.15) is 4.31 Å². The van der Waals surface area contributed by atoms with Crippen molar-refractivity contribution in [2.45, 2.75) is 51.2 Å². The first kappa shape index (κ1) is 33.0. The van der Waals surface area contributed by atoms with E-state index in [-0.39, 0.29) is 29.3 Å². The lowest BCUT2D eigenvalue weighted by atomic mass is 10.1. The summed E-state index contributed by atoms with van der Waals surface area (Å²) in [6.45, 7) is 8.69. The van der Waals surface area contributed by atoms with E-state index in [0.717, 1.165) is 5.56 Å². The molecule has 0 spiro atoms. The standard InChI is InChI=1S/C34H38FN3O7S/c1-23-28-21-27(11-13-30(28)44-31(23)32(39)40)46(42,43)38(15-14-24-8-6-5-7-9-24)22-25-20-26(35)10-12-29(25)36-16-18-37(19-17-36)33(41)45-34(2,3)4/h5-13,20-21H,14-19,22H2,1-4H3,(H,39,40). The maximum absolute atomic E-state index is 14.7. The second kappa shape index (κ2) is 13.1. The summed E-state index contributed by atoms with van der Waals surface area (Å²) in [6.07, 6.45) is 0.0139. The van der Waals surface area contributed by atoms with Crippen LogP contribution in [0.25, 0.3) is 11.0 Å². The topological polar surface area (TPSA) is 121 Å². The maximum Gasteiger partial charge on any atom is 0.410 e. The summed E-state index contributed by atoms with van der Waals surface area (Å²) in [5.74, 6) is -1.99. The molecule has 0 bridgehead atoms. The number of hydrogen-bond acceptors (Lipinski definition) is 7. The minimum atomic E-state index is -4.15. The zero-order chi connectivity index (χ0) is 33.2. The number of aromatic carboxylic acids is 1. The zero-order valence-electron chi connectivity index (χ0n) is 26.3. The van der Waals surface area contributed by atoms with Crippen LogP contribution in [0.4, 0.5) is 14.9 Å². The molecule has 5 rings (SSSR count). The predicted molar refractivity (Wildman–Crippen MR) is 172 cm³/mol. The highest BCUT2D eigenvalue weighted by Gasteiger charge is 2.30. The monoisotopic (exact) mass is 651 g/mol. The van der Waals surface area contributed by atoms with Gasteiger partial charge < -0.3 is 24.1 Å². The van der Waals surface area contributed by atoms with Crippen LogP contribution in [0, 0.1) is 12.7 Å². The predicted octanol–water partition coefficient (Wildman–Crippen LogP) is 6.07. The molecule has 0 saturated carbocycles. The Morgan fingerprint density at radius 1 is 1.00 bits per heavy atom. The Balaban J connectivity index is 1.46. The van der Waals surface area contributed by atoms with Crippen molar-refractivity contribution in [2.75, 3.05) is 37.6 Å². The largest absolute Gasteiger partial charge is 0.475 e. The van der Waals surface area contributed by atoms with Gasteiger partial charge in [-0.25, -0.2) is 22.4 Å². The van der Waals surface area contributed by atoms with E-state index in [9.17, 15) is 27.5 Å². The fraction of sp³-hybridized carbons (Fsp3) is 0.353. The number of sulfonamides is 1. The summed E-state index contributed by atoms with van der Waals surface area (Å²) in [4.78, 5) is 27.9. The molecule has 3 aromatic carbocycles. The van der Waals surface area contributed by atoms with Crippen LogP contribution in [0.5, 0.6) is 0 Å². The molecule has 12 heteroatoms. The van der Waals surface area contributed by atoms with Crippen LogP contribution >= 0.6 is 0 Å². The highest BCUT2D eigenvalue weighted by Crippen LogP contribution is 2.31. The molecule has 10 nitrogen and oxygen atoms in total. The first-order valence-electron chi connectivity index (χ1n) is 15.0. The molecule has 1 amide bonds. The van der Waals surface area contributed by atoms with E-state index < -0.39 is 33.5 Å². The Hall–Kier alpha value is -4.42. The number of fused-ring (bicyclic) bond motifs is 1. The number of amides is 1. The lowest BCUT2D eigenvalue weighted by molar-refractivity contribution is 0.0240. The normalized spacial score (nSPS) is 14.2. The number of carbonyl (C=O) groups is 2. The van der Waals surface area contributed by atoms with Crippen LogP contribution in [0.3, 0.4) is 0 Å². The Kier molecular flexibility index (Phi) is 9.41. The van der Waals surface area contributed by atoms with E-state index in [0.29, 0.717) is 54.8 Å². The Labute approximate surface area is 268 Å². The number of benzene rings is 3. The maximum atomic E-state index is 14.7. The van der Waals surface area contributed by atoms with Gasteiger partial charge in [0.25, 0.3) is 0 Å². The molecule has 0 radical (unpaired) electrons. The van der Waals surface area contributed by atoms with Gasteiger partial charge in [0.15, 0.2) is 0 Å². The van der Waals surface area contributed by atoms with Gasteiger partial charge in [0.1, 0.15) is 17.0 Å². The number of hydrogen-bond donors (Lipinski definition) is 1. The highest BCUT2D eigenvalue weighted by atomic mass is 32.2. The third-order valence-electron chi connectivity index (χ3n) is 7.89. The van der Waals surface area contributed by atoms with Crippen LogP contribution < -0.4 is 4.90 Å². The van der Waals surface area contributed by atoms with E-state index in [1.165, 1.54) is 34.6 Å². The van der Waals surface area contributed by atoms with Gasteiger partial charge >= 0.3 is 12.1 Å². The summed E-state index contributed by atoms with van der Waals surface area (Å²) in [5, 5.41) is 9.87. The van der Waals surface area contributed by atoms with E-state index in [1.54, 1.807) is 17.9 Å². The van der Waals surface area contributed by atoms with Gasteiger partial charge in [0.2, 0.25) is 15.8 Å². The van der Waals surface area contributed by atoms with Gasteiger partial charge in [-0.3, -0.25) is 0 Å². The van der Waals surface area contributed by atoms with Crippen LogP contribution in [-0.4, -0.2) is 73.1 Å². The molecule has 0 aliphatic carbocycles. The average Bonchev–Trinajstić information content (AvgIpc) is 3.35. The summed E-state index contributed by atoms with van der Waals surface area (Å²) < 4.78 is 55.6. The molecule has 1 fully saturated rings. The molecular weight excluding hydrogens is 613 g/mol. The van der Waals surface area contributed by atoms with Gasteiger partial charge in [-0.05, 0) is 81.6 Å². The van der Waals surface area contributed by atoms with Gasteiger partial charge in [-0.15, -0.1) is 0 Å². The molecule has 0 atom stereocenters. The summed E-state index contributed by atoms with van der Waals surface area (Å²) in [6, 6.07) is 18.1. The third kappa shape index (κ3) is 7.34. The highest BCUT2D eigenvalue weighted by molar-refractivity contribution is 7.89. The van der Waals surface area contributed by atoms with Crippen molar-refractivity contribution in [3.8, 4) is 0 Å². The van der Waals surface area contributed by atoms with E-state index in [4.69, 9.17) is 9.15 Å². The number of carbonyl (C=O) groups excluding carboxylic acids is 1. The smallest absolute Gasteiger partial charge is 0.410 e. The number of carboxylic acid groups (broad SMARTS) is 1. The van der Waals surface area contributed by atoms with Crippen molar-refractivity contribution < 1.29 is 36.7 Å². The number of ether oxygens (including phenoxy) is 1. The summed E-state index contributed by atoms with van der Waals surface area (Å²) in [5.41, 5.74) is 2.07. The van der Waals surface area contributed by atoms with Crippen molar-refractivity contribution in [1.29, 1.82) is 0 Å². The van der Waals surface area contributed by atoms with Crippen molar-refractivity contribution in [3.63, 3.8) is 0 Å².